The van der Waals surface area contributed by atoms with Crippen LogP contribution in [0, 0.1) is 13.8 Å². The lowest BCUT2D eigenvalue weighted by atomic mass is 10.1. The average Bonchev–Trinajstić information content (AvgIpc) is 2.96. The van der Waals surface area contributed by atoms with Crippen LogP contribution in [0.1, 0.15) is 23.9 Å². The van der Waals surface area contributed by atoms with Gasteiger partial charge in [0.05, 0.1) is 0 Å². The highest BCUT2D eigenvalue weighted by Gasteiger charge is 2.24. The molecular formula is C17H19N5O3S. The Morgan fingerprint density at radius 1 is 1.00 bits per heavy atom. The summed E-state index contributed by atoms with van der Waals surface area (Å²) in [5.74, 6) is 0.836. The molecule has 0 spiro atoms. The number of hydrogen-bond acceptors (Lipinski definition) is 7. The van der Waals surface area contributed by atoms with E-state index >= 15 is 0 Å². The second-order valence-corrected chi connectivity index (χ2v) is 7.36. The number of aromatic nitrogens is 3. The van der Waals surface area contributed by atoms with Gasteiger partial charge in [0.25, 0.3) is 10.0 Å². The molecule has 2 N–H and O–H groups in total. The Hall–Kier alpha value is -2.94. The van der Waals surface area contributed by atoms with Crippen molar-refractivity contribution in [2.24, 2.45) is 0 Å². The van der Waals surface area contributed by atoms with Crippen molar-refractivity contribution >= 4 is 27.3 Å². The van der Waals surface area contributed by atoms with Crippen LogP contribution in [0.5, 0.6) is 0 Å². The number of benzene rings is 1. The Morgan fingerprint density at radius 2 is 1.65 bits per heavy atom. The highest BCUT2D eigenvalue weighted by Crippen LogP contribution is 2.22. The second kappa shape index (κ2) is 7.12. The molecule has 0 aliphatic rings. The van der Waals surface area contributed by atoms with E-state index in [1.54, 1.807) is 13.0 Å². The summed E-state index contributed by atoms with van der Waals surface area (Å²) in [6, 6.07) is 11.1. The van der Waals surface area contributed by atoms with E-state index in [0.717, 1.165) is 12.1 Å². The number of sulfonamides is 1. The smallest absolute Gasteiger partial charge is 0.268 e. The molecule has 3 rings (SSSR count). The van der Waals surface area contributed by atoms with Gasteiger partial charge in [0.1, 0.15) is 5.69 Å². The normalized spacial score (nSPS) is 11.3. The highest BCUT2D eigenvalue weighted by molar-refractivity contribution is 7.92. The summed E-state index contributed by atoms with van der Waals surface area (Å²) in [5.41, 5.74) is 2.41. The number of nitrogens with zero attached hydrogens (tertiary/aromatic N) is 3. The minimum absolute atomic E-state index is 0.0116. The van der Waals surface area contributed by atoms with Crippen molar-refractivity contribution in [1.82, 2.24) is 15.4 Å². The van der Waals surface area contributed by atoms with Crippen molar-refractivity contribution in [2.45, 2.75) is 32.1 Å². The molecule has 0 fully saturated rings. The van der Waals surface area contributed by atoms with E-state index in [-0.39, 0.29) is 22.2 Å². The summed E-state index contributed by atoms with van der Waals surface area (Å²) < 4.78 is 32.2. The molecule has 1 aromatic carbocycles. The third kappa shape index (κ3) is 3.83. The Morgan fingerprint density at radius 3 is 2.19 bits per heavy atom. The number of hydrogen-bond donors (Lipinski definition) is 2. The zero-order valence-corrected chi connectivity index (χ0v) is 15.5. The molecule has 0 radical (unpaired) electrons. The molecule has 0 atom stereocenters. The van der Waals surface area contributed by atoms with Crippen molar-refractivity contribution in [2.75, 3.05) is 10.0 Å². The molecule has 0 amide bonds. The summed E-state index contributed by atoms with van der Waals surface area (Å²) in [6.45, 7) is 5.20. The van der Waals surface area contributed by atoms with Gasteiger partial charge in [-0.05, 0) is 50.1 Å². The van der Waals surface area contributed by atoms with Gasteiger partial charge >= 0.3 is 0 Å². The number of aryl methyl sites for hydroxylation is 3. The summed E-state index contributed by atoms with van der Waals surface area (Å²) in [4.78, 5) is 0.0116. The fraction of sp³-hybridized carbons (Fsp3) is 0.235. The topological polar surface area (TPSA) is 110 Å². The van der Waals surface area contributed by atoms with E-state index in [0.29, 0.717) is 5.82 Å². The van der Waals surface area contributed by atoms with E-state index in [4.69, 9.17) is 4.52 Å². The molecule has 0 saturated heterocycles. The summed E-state index contributed by atoms with van der Waals surface area (Å²) in [6.07, 6.45) is 0.972. The molecule has 8 nitrogen and oxygen atoms in total. The second-order valence-electron chi connectivity index (χ2n) is 5.74. The van der Waals surface area contributed by atoms with E-state index in [2.05, 4.69) is 32.3 Å². The van der Waals surface area contributed by atoms with Crippen molar-refractivity contribution in [3.05, 3.63) is 53.4 Å². The van der Waals surface area contributed by atoms with Gasteiger partial charge in [-0.1, -0.05) is 24.2 Å². The van der Waals surface area contributed by atoms with Gasteiger partial charge < -0.3 is 9.84 Å². The zero-order valence-electron chi connectivity index (χ0n) is 14.6. The predicted octanol–water partition coefficient (Wildman–Crippen LogP) is 3.19. The third-order valence-electron chi connectivity index (χ3n) is 3.77. The van der Waals surface area contributed by atoms with Gasteiger partial charge in [-0.3, -0.25) is 4.72 Å². The molecule has 0 aliphatic carbocycles. The summed E-state index contributed by atoms with van der Waals surface area (Å²) in [5, 5.41) is 14.7. The van der Waals surface area contributed by atoms with Crippen LogP contribution in [0.25, 0.3) is 0 Å². The largest absolute Gasteiger partial charge is 0.360 e. The SMILES string of the molecule is CCc1ccc(Nc2ccc(NS(=O)(=O)c3c(C)noc3C)nn2)cc1. The van der Waals surface area contributed by atoms with Gasteiger partial charge in [-0.25, -0.2) is 8.42 Å². The van der Waals surface area contributed by atoms with E-state index < -0.39 is 10.0 Å². The van der Waals surface area contributed by atoms with Crippen LogP contribution >= 0.6 is 0 Å². The fourth-order valence-electron chi connectivity index (χ4n) is 2.47. The predicted molar refractivity (Wildman–Crippen MR) is 97.9 cm³/mol. The molecule has 26 heavy (non-hydrogen) atoms. The van der Waals surface area contributed by atoms with Crippen molar-refractivity contribution < 1.29 is 12.9 Å². The molecule has 0 unspecified atom stereocenters. The maximum atomic E-state index is 12.4. The molecule has 136 valence electrons. The first-order valence-electron chi connectivity index (χ1n) is 8.04. The van der Waals surface area contributed by atoms with Crippen LogP contribution in [0.15, 0.2) is 45.8 Å². The molecule has 0 aliphatic heterocycles. The average molecular weight is 373 g/mol. The van der Waals surface area contributed by atoms with Gasteiger partial charge in [-0.2, -0.15) is 0 Å². The van der Waals surface area contributed by atoms with E-state index in [1.807, 2.05) is 24.3 Å². The zero-order chi connectivity index (χ0) is 18.7. The molecule has 0 bridgehead atoms. The Balaban J connectivity index is 1.73. The van der Waals surface area contributed by atoms with E-state index in [9.17, 15) is 8.42 Å². The number of anilines is 3. The third-order valence-corrected chi connectivity index (χ3v) is 5.37. The Bertz CT molecular complexity index is 976. The van der Waals surface area contributed by atoms with Crippen molar-refractivity contribution in [1.29, 1.82) is 0 Å². The first-order chi connectivity index (χ1) is 12.4. The first kappa shape index (κ1) is 17.9. The lowest BCUT2D eigenvalue weighted by molar-refractivity contribution is 0.390. The molecule has 2 heterocycles. The van der Waals surface area contributed by atoms with Crippen LogP contribution in [-0.2, 0) is 16.4 Å². The Kier molecular flexibility index (Phi) is 4.90. The minimum atomic E-state index is -3.84. The lowest BCUT2D eigenvalue weighted by Crippen LogP contribution is -2.15. The summed E-state index contributed by atoms with van der Waals surface area (Å²) >= 11 is 0. The molecule has 3 aromatic rings. The standard InChI is InChI=1S/C17H19N5O3S/c1-4-13-5-7-14(8-6-13)18-15-9-10-16(20-19-15)22-26(23,24)17-11(2)21-25-12(17)3/h5-10H,4H2,1-3H3,(H,18,19)(H,20,22). The van der Waals surface area contributed by atoms with Crippen LogP contribution in [0.4, 0.5) is 17.3 Å². The van der Waals surface area contributed by atoms with Crippen LogP contribution in [0.2, 0.25) is 0 Å². The van der Waals surface area contributed by atoms with Gasteiger partial charge in [0.2, 0.25) is 0 Å². The molecule has 9 heteroatoms. The minimum Gasteiger partial charge on any atom is -0.360 e. The van der Waals surface area contributed by atoms with Crippen LogP contribution in [0.3, 0.4) is 0 Å². The number of rotatable bonds is 6. The maximum absolute atomic E-state index is 12.4. The number of nitrogens with one attached hydrogen (secondary N) is 2. The molecule has 2 aromatic heterocycles. The molecule has 0 saturated carbocycles. The van der Waals surface area contributed by atoms with E-state index in [1.165, 1.54) is 18.6 Å². The quantitative estimate of drug-likeness (QED) is 0.683. The monoisotopic (exact) mass is 373 g/mol. The maximum Gasteiger partial charge on any atom is 0.268 e. The van der Waals surface area contributed by atoms with Crippen molar-refractivity contribution in [3.8, 4) is 0 Å². The van der Waals surface area contributed by atoms with Crippen molar-refractivity contribution in [3.63, 3.8) is 0 Å². The Labute approximate surface area is 151 Å². The van der Waals surface area contributed by atoms with Gasteiger partial charge in [-0.15, -0.1) is 10.2 Å². The fourth-order valence-corrected chi connectivity index (χ4v) is 3.80. The lowest BCUT2D eigenvalue weighted by Gasteiger charge is -2.08. The molecular weight excluding hydrogens is 354 g/mol. The van der Waals surface area contributed by atoms with Crippen LogP contribution < -0.4 is 10.0 Å². The van der Waals surface area contributed by atoms with Gasteiger partial charge in [0.15, 0.2) is 22.3 Å². The highest BCUT2D eigenvalue weighted by atomic mass is 32.2. The van der Waals surface area contributed by atoms with Crippen LogP contribution in [-0.4, -0.2) is 23.8 Å². The first-order valence-corrected chi connectivity index (χ1v) is 9.52. The summed E-state index contributed by atoms with van der Waals surface area (Å²) in [7, 11) is -3.84. The van der Waals surface area contributed by atoms with Gasteiger partial charge in [0, 0.05) is 5.69 Å².